The molecule has 0 radical (unpaired) electrons. The van der Waals surface area contributed by atoms with Crippen LogP contribution in [0.2, 0.25) is 0 Å². The number of nitrogens with one attached hydrogen (secondary N) is 2. The summed E-state index contributed by atoms with van der Waals surface area (Å²) in [6, 6.07) is 16.1. The predicted octanol–water partition coefficient (Wildman–Crippen LogP) is 2.97. The van der Waals surface area contributed by atoms with Gasteiger partial charge in [-0.2, -0.15) is 0 Å². The Balaban J connectivity index is 1.18. The van der Waals surface area contributed by atoms with E-state index >= 15 is 0 Å². The van der Waals surface area contributed by atoms with Crippen LogP contribution in [0.1, 0.15) is 42.7 Å². The Morgan fingerprint density at radius 1 is 1.00 bits per heavy atom. The van der Waals surface area contributed by atoms with E-state index in [2.05, 4.69) is 22.9 Å². The van der Waals surface area contributed by atoms with E-state index in [-0.39, 0.29) is 18.4 Å². The number of benzene rings is 2. The minimum atomic E-state index is -1.12. The number of carboxylic acid groups (broad SMARTS) is 1. The van der Waals surface area contributed by atoms with Crippen LogP contribution in [-0.4, -0.2) is 41.3 Å². The molecule has 0 bridgehead atoms. The molecule has 2 aromatic rings. The van der Waals surface area contributed by atoms with E-state index in [0.29, 0.717) is 12.8 Å². The van der Waals surface area contributed by atoms with Crippen molar-refractivity contribution in [3.8, 4) is 11.1 Å². The van der Waals surface area contributed by atoms with Gasteiger partial charge in [0.25, 0.3) is 5.91 Å². The highest BCUT2D eigenvalue weighted by molar-refractivity contribution is 5.92. The molecule has 3 N–H and O–H groups in total. The van der Waals surface area contributed by atoms with Crippen molar-refractivity contribution in [2.75, 3.05) is 6.61 Å². The molecule has 3 aliphatic carbocycles. The van der Waals surface area contributed by atoms with Crippen molar-refractivity contribution in [2.45, 2.75) is 43.2 Å². The SMILES string of the molecule is O=C(NC1(C(=O)NOC(C(=O)O)C2CC2)CC1)OCC1c2ccccc2-c2ccccc21. The normalized spacial score (nSPS) is 18.8. The maximum Gasteiger partial charge on any atom is 0.408 e. The summed E-state index contributed by atoms with van der Waals surface area (Å²) in [5.41, 5.74) is 5.59. The zero-order valence-corrected chi connectivity index (χ0v) is 17.4. The molecule has 2 aromatic carbocycles. The number of ether oxygens (including phenoxy) is 1. The molecule has 0 heterocycles. The van der Waals surface area contributed by atoms with Gasteiger partial charge in [-0.05, 0) is 53.9 Å². The minimum absolute atomic E-state index is 0.0738. The van der Waals surface area contributed by atoms with Crippen molar-refractivity contribution in [3.63, 3.8) is 0 Å². The van der Waals surface area contributed by atoms with Crippen LogP contribution in [0.25, 0.3) is 11.1 Å². The van der Waals surface area contributed by atoms with Crippen LogP contribution in [0.15, 0.2) is 48.5 Å². The number of rotatable bonds is 8. The number of hydrogen-bond donors (Lipinski definition) is 3. The molecule has 8 nitrogen and oxygen atoms in total. The summed E-state index contributed by atoms with van der Waals surface area (Å²) in [7, 11) is 0. The van der Waals surface area contributed by atoms with Gasteiger partial charge >= 0.3 is 12.1 Å². The van der Waals surface area contributed by atoms with E-state index in [1.165, 1.54) is 0 Å². The van der Waals surface area contributed by atoms with Gasteiger partial charge in [0.2, 0.25) is 0 Å². The maximum atomic E-state index is 12.5. The smallest absolute Gasteiger partial charge is 0.408 e. The number of aliphatic carboxylic acids is 1. The first-order valence-corrected chi connectivity index (χ1v) is 10.8. The van der Waals surface area contributed by atoms with Gasteiger partial charge in [-0.15, -0.1) is 0 Å². The number of carbonyl (C=O) groups is 3. The second kappa shape index (κ2) is 7.94. The summed E-state index contributed by atoms with van der Waals surface area (Å²) in [5.74, 6) is -1.83. The lowest BCUT2D eigenvalue weighted by atomic mass is 9.98. The Morgan fingerprint density at radius 3 is 2.12 bits per heavy atom. The zero-order chi connectivity index (χ0) is 22.3. The summed E-state index contributed by atoms with van der Waals surface area (Å²) < 4.78 is 5.51. The fourth-order valence-corrected chi connectivity index (χ4v) is 4.33. The first-order chi connectivity index (χ1) is 15.5. The van der Waals surface area contributed by atoms with Crippen molar-refractivity contribution < 1.29 is 29.1 Å². The molecule has 0 aliphatic heterocycles. The Hall–Kier alpha value is -3.39. The molecule has 2 amide bonds. The summed E-state index contributed by atoms with van der Waals surface area (Å²) in [6.07, 6.45) is 0.647. The topological polar surface area (TPSA) is 114 Å². The predicted molar refractivity (Wildman–Crippen MR) is 114 cm³/mol. The number of hydroxylamine groups is 1. The van der Waals surface area contributed by atoms with Crippen LogP contribution in [0.5, 0.6) is 0 Å². The van der Waals surface area contributed by atoms with E-state index in [0.717, 1.165) is 35.1 Å². The number of hydrogen-bond acceptors (Lipinski definition) is 5. The maximum absolute atomic E-state index is 12.5. The van der Waals surface area contributed by atoms with Crippen molar-refractivity contribution in [3.05, 3.63) is 59.7 Å². The molecule has 8 heteroatoms. The average Bonchev–Trinajstić information content (AvgIpc) is 3.71. The van der Waals surface area contributed by atoms with Crippen LogP contribution < -0.4 is 10.8 Å². The van der Waals surface area contributed by atoms with Crippen molar-refractivity contribution in [1.29, 1.82) is 0 Å². The monoisotopic (exact) mass is 436 g/mol. The van der Waals surface area contributed by atoms with Crippen molar-refractivity contribution >= 4 is 18.0 Å². The van der Waals surface area contributed by atoms with Crippen LogP contribution in [0, 0.1) is 5.92 Å². The molecule has 0 aromatic heterocycles. The number of alkyl carbamates (subject to hydrolysis) is 1. The van der Waals surface area contributed by atoms with Gasteiger partial charge < -0.3 is 15.2 Å². The van der Waals surface area contributed by atoms with E-state index in [1.54, 1.807) is 0 Å². The molecule has 166 valence electrons. The summed E-state index contributed by atoms with van der Waals surface area (Å²) in [4.78, 5) is 41.4. The van der Waals surface area contributed by atoms with E-state index in [1.807, 2.05) is 36.4 Å². The van der Waals surface area contributed by atoms with Gasteiger partial charge in [-0.1, -0.05) is 48.5 Å². The molecular formula is C24H24N2O6. The number of carboxylic acids is 1. The third-order valence-electron chi connectivity index (χ3n) is 6.44. The Morgan fingerprint density at radius 2 is 1.59 bits per heavy atom. The molecule has 2 saturated carbocycles. The van der Waals surface area contributed by atoms with Gasteiger partial charge in [0.15, 0.2) is 6.10 Å². The molecular weight excluding hydrogens is 412 g/mol. The number of fused-ring (bicyclic) bond motifs is 3. The lowest BCUT2D eigenvalue weighted by Gasteiger charge is -2.20. The van der Waals surface area contributed by atoms with E-state index in [4.69, 9.17) is 9.57 Å². The third-order valence-corrected chi connectivity index (χ3v) is 6.44. The fourth-order valence-electron chi connectivity index (χ4n) is 4.33. The van der Waals surface area contributed by atoms with Crippen LogP contribution >= 0.6 is 0 Å². The van der Waals surface area contributed by atoms with Gasteiger partial charge in [0.05, 0.1) is 0 Å². The molecule has 5 rings (SSSR count). The minimum Gasteiger partial charge on any atom is -0.479 e. The van der Waals surface area contributed by atoms with E-state index < -0.39 is 29.6 Å². The molecule has 1 atom stereocenters. The lowest BCUT2D eigenvalue weighted by Crippen LogP contribution is -2.50. The largest absolute Gasteiger partial charge is 0.479 e. The highest BCUT2D eigenvalue weighted by atomic mass is 16.7. The Bertz CT molecular complexity index is 1030. The molecule has 2 fully saturated rings. The second-order valence-corrected chi connectivity index (χ2v) is 8.68. The molecule has 3 aliphatic rings. The highest BCUT2D eigenvalue weighted by Gasteiger charge is 2.52. The third kappa shape index (κ3) is 3.82. The van der Waals surface area contributed by atoms with Gasteiger partial charge in [0.1, 0.15) is 12.1 Å². The number of carbonyl (C=O) groups excluding carboxylic acids is 2. The average molecular weight is 436 g/mol. The molecule has 32 heavy (non-hydrogen) atoms. The van der Waals surface area contributed by atoms with Crippen LogP contribution in [-0.2, 0) is 19.2 Å². The van der Waals surface area contributed by atoms with Crippen LogP contribution in [0.4, 0.5) is 4.79 Å². The second-order valence-electron chi connectivity index (χ2n) is 8.68. The lowest BCUT2D eigenvalue weighted by molar-refractivity contribution is -0.163. The summed E-state index contributed by atoms with van der Waals surface area (Å²) in [6.45, 7) is 0.150. The van der Waals surface area contributed by atoms with Crippen molar-refractivity contribution in [2.24, 2.45) is 5.92 Å². The highest BCUT2D eigenvalue weighted by Crippen LogP contribution is 2.44. The van der Waals surface area contributed by atoms with Crippen molar-refractivity contribution in [1.82, 2.24) is 10.8 Å². The van der Waals surface area contributed by atoms with Crippen LogP contribution in [0.3, 0.4) is 0 Å². The van der Waals surface area contributed by atoms with E-state index in [9.17, 15) is 19.5 Å². The first kappa shape index (κ1) is 20.5. The Kier molecular flexibility index (Phi) is 5.09. The quantitative estimate of drug-likeness (QED) is 0.548. The number of amides is 2. The van der Waals surface area contributed by atoms with Gasteiger partial charge in [-0.25, -0.2) is 15.1 Å². The summed E-state index contributed by atoms with van der Waals surface area (Å²) >= 11 is 0. The van der Waals surface area contributed by atoms with Gasteiger partial charge in [0, 0.05) is 5.92 Å². The standard InChI is InChI=1S/C24H24N2O6/c27-21(28)20(14-9-10-14)32-26-22(29)24(11-12-24)25-23(30)31-13-19-17-7-3-1-5-15(17)16-6-2-4-8-18(16)19/h1-8,14,19-20H,9-13H2,(H,25,30)(H,26,29)(H,27,28). The Labute approximate surface area is 184 Å². The molecule has 1 unspecified atom stereocenters. The summed E-state index contributed by atoms with van der Waals surface area (Å²) in [5, 5.41) is 11.8. The van der Waals surface area contributed by atoms with Gasteiger partial charge in [-0.3, -0.25) is 9.63 Å². The fraction of sp³-hybridized carbons (Fsp3) is 0.375. The molecule has 0 spiro atoms. The first-order valence-electron chi connectivity index (χ1n) is 10.8. The molecule has 0 saturated heterocycles. The zero-order valence-electron chi connectivity index (χ0n) is 17.4.